The number of nitrogens with one attached hydrogen (secondary N) is 1. The van der Waals surface area contributed by atoms with Crippen LogP contribution in [0.1, 0.15) is 0 Å². The Labute approximate surface area is 47.7 Å². The maximum atomic E-state index is 10.3. The lowest BCUT2D eigenvalue weighted by Crippen LogP contribution is -2.30. The summed E-state index contributed by atoms with van der Waals surface area (Å²) in [7, 11) is 2.86. The van der Waals surface area contributed by atoms with E-state index in [1.807, 2.05) is 0 Å². The van der Waals surface area contributed by atoms with E-state index in [-0.39, 0.29) is 0 Å². The van der Waals surface area contributed by atoms with E-state index in [9.17, 15) is 4.79 Å². The van der Waals surface area contributed by atoms with Crippen LogP contribution in [0.5, 0.6) is 0 Å². The summed E-state index contributed by atoms with van der Waals surface area (Å²) < 4.78 is 0. The molecule has 4 heteroatoms. The molecule has 0 radical (unpaired) electrons. The Morgan fingerprint density at radius 1 is 1.88 bits per heavy atom. The van der Waals surface area contributed by atoms with Crippen LogP contribution in [-0.2, 0) is 0 Å². The van der Waals surface area contributed by atoms with Crippen molar-refractivity contribution in [2.75, 3.05) is 14.1 Å². The van der Waals surface area contributed by atoms with Gasteiger partial charge in [-0.2, -0.15) is 5.26 Å². The highest BCUT2D eigenvalue weighted by Gasteiger charge is 2.00. The Bertz CT molecular complexity index is 126. The SMILES string of the molecule is CNC(=O)N(C)C#N. The quantitative estimate of drug-likeness (QED) is 0.347. The van der Waals surface area contributed by atoms with Gasteiger partial charge in [-0.3, -0.25) is 0 Å². The van der Waals surface area contributed by atoms with Gasteiger partial charge in [0.15, 0.2) is 6.19 Å². The standard InChI is InChI=1S/C4H7N3O/c1-6-4(8)7(2)3-5/h1-2H3,(H,6,8). The van der Waals surface area contributed by atoms with Crippen molar-refractivity contribution in [2.24, 2.45) is 0 Å². The Kier molecular flexibility index (Phi) is 2.41. The molecule has 4 nitrogen and oxygen atoms in total. The normalized spacial score (nSPS) is 7.12. The summed E-state index contributed by atoms with van der Waals surface area (Å²) in [4.78, 5) is 11.2. The number of rotatable bonds is 0. The van der Waals surface area contributed by atoms with Crippen LogP contribution in [0.3, 0.4) is 0 Å². The lowest BCUT2D eigenvalue weighted by atomic mass is 10.8. The zero-order valence-corrected chi connectivity index (χ0v) is 4.80. The van der Waals surface area contributed by atoms with Crippen LogP contribution in [-0.4, -0.2) is 25.0 Å². The van der Waals surface area contributed by atoms with Crippen LogP contribution in [0, 0.1) is 11.5 Å². The van der Waals surface area contributed by atoms with E-state index in [0.29, 0.717) is 0 Å². The maximum absolute atomic E-state index is 10.3. The van der Waals surface area contributed by atoms with Gasteiger partial charge in [0.2, 0.25) is 0 Å². The van der Waals surface area contributed by atoms with Crippen molar-refractivity contribution in [3.05, 3.63) is 0 Å². The topological polar surface area (TPSA) is 56.1 Å². The second-order valence-corrected chi connectivity index (χ2v) is 1.21. The molecular formula is C4H7N3O. The van der Waals surface area contributed by atoms with Gasteiger partial charge in [-0.1, -0.05) is 0 Å². The fourth-order valence-electron chi connectivity index (χ4n) is 0.213. The summed E-state index contributed by atoms with van der Waals surface area (Å²) in [6.07, 6.45) is 1.64. The Morgan fingerprint density at radius 3 is 2.50 bits per heavy atom. The van der Waals surface area contributed by atoms with Gasteiger partial charge in [-0.05, 0) is 0 Å². The van der Waals surface area contributed by atoms with Crippen LogP contribution >= 0.6 is 0 Å². The molecular weight excluding hydrogens is 106 g/mol. The average molecular weight is 113 g/mol. The molecule has 0 aliphatic carbocycles. The number of nitriles is 1. The second-order valence-electron chi connectivity index (χ2n) is 1.21. The first-order valence-corrected chi connectivity index (χ1v) is 2.07. The lowest BCUT2D eigenvalue weighted by Gasteiger charge is -2.02. The van der Waals surface area contributed by atoms with Crippen molar-refractivity contribution in [1.29, 1.82) is 5.26 Å². The molecule has 0 aliphatic heterocycles. The van der Waals surface area contributed by atoms with Gasteiger partial charge in [0, 0.05) is 14.1 Å². The smallest absolute Gasteiger partial charge is 0.330 e. The highest BCUT2D eigenvalue weighted by molar-refractivity contribution is 5.74. The molecule has 0 heterocycles. The third-order valence-electron chi connectivity index (χ3n) is 0.669. The number of carbonyl (C=O) groups excluding carboxylic acids is 1. The molecule has 0 aromatic heterocycles. The van der Waals surface area contributed by atoms with Gasteiger partial charge in [0.05, 0.1) is 0 Å². The summed E-state index contributed by atoms with van der Waals surface area (Å²) in [5.74, 6) is 0. The third kappa shape index (κ3) is 1.47. The summed E-state index contributed by atoms with van der Waals surface area (Å²) in [5, 5.41) is 10.3. The Balaban J connectivity index is 3.68. The van der Waals surface area contributed by atoms with E-state index in [1.165, 1.54) is 14.1 Å². The predicted octanol–water partition coefficient (Wildman–Crippen LogP) is -0.261. The molecule has 0 fully saturated rings. The van der Waals surface area contributed by atoms with Crippen molar-refractivity contribution in [2.45, 2.75) is 0 Å². The highest BCUT2D eigenvalue weighted by atomic mass is 16.2. The number of carbonyl (C=O) groups is 1. The van der Waals surface area contributed by atoms with Gasteiger partial charge in [0.25, 0.3) is 0 Å². The molecule has 0 aliphatic rings. The number of hydrogen-bond acceptors (Lipinski definition) is 2. The molecule has 0 saturated heterocycles. The average Bonchev–Trinajstić information content (AvgIpc) is 1.84. The highest BCUT2D eigenvalue weighted by Crippen LogP contribution is 1.75. The van der Waals surface area contributed by atoms with E-state index in [4.69, 9.17) is 5.26 Å². The Hall–Kier alpha value is -1.24. The largest absolute Gasteiger partial charge is 0.340 e. The zero-order chi connectivity index (χ0) is 6.57. The fourth-order valence-corrected chi connectivity index (χ4v) is 0.213. The monoisotopic (exact) mass is 113 g/mol. The molecule has 0 saturated carbocycles. The molecule has 44 valence electrons. The number of amides is 2. The van der Waals surface area contributed by atoms with Crippen molar-refractivity contribution >= 4 is 6.03 Å². The van der Waals surface area contributed by atoms with E-state index >= 15 is 0 Å². The van der Waals surface area contributed by atoms with Crippen LogP contribution in [0.25, 0.3) is 0 Å². The van der Waals surface area contributed by atoms with Gasteiger partial charge < -0.3 is 5.32 Å². The van der Waals surface area contributed by atoms with E-state index in [1.54, 1.807) is 6.19 Å². The minimum Gasteiger partial charge on any atom is -0.340 e. The summed E-state index contributed by atoms with van der Waals surface area (Å²) in [6.45, 7) is 0. The number of urea groups is 1. The molecule has 1 N–H and O–H groups in total. The first-order chi connectivity index (χ1) is 3.72. The van der Waals surface area contributed by atoms with Gasteiger partial charge >= 0.3 is 6.03 Å². The molecule has 0 aromatic carbocycles. The Morgan fingerprint density at radius 2 is 2.38 bits per heavy atom. The third-order valence-corrected chi connectivity index (χ3v) is 0.669. The molecule has 0 spiro atoms. The van der Waals surface area contributed by atoms with Crippen LogP contribution in [0.4, 0.5) is 4.79 Å². The van der Waals surface area contributed by atoms with E-state index in [2.05, 4.69) is 5.32 Å². The fraction of sp³-hybridized carbons (Fsp3) is 0.500. The first kappa shape index (κ1) is 6.76. The molecule has 0 rings (SSSR count). The summed E-state index contributed by atoms with van der Waals surface area (Å²) >= 11 is 0. The van der Waals surface area contributed by atoms with Crippen LogP contribution in [0.2, 0.25) is 0 Å². The zero-order valence-electron chi connectivity index (χ0n) is 4.80. The van der Waals surface area contributed by atoms with Gasteiger partial charge in [-0.25, -0.2) is 9.69 Å². The number of nitrogens with zero attached hydrogens (tertiary/aromatic N) is 2. The minimum atomic E-state index is -0.396. The van der Waals surface area contributed by atoms with Crippen LogP contribution in [0.15, 0.2) is 0 Å². The maximum Gasteiger partial charge on any atom is 0.330 e. The number of hydrogen-bond donors (Lipinski definition) is 1. The molecule has 8 heavy (non-hydrogen) atoms. The summed E-state index contributed by atoms with van der Waals surface area (Å²) in [6, 6.07) is -0.396. The minimum absolute atomic E-state index is 0.396. The summed E-state index contributed by atoms with van der Waals surface area (Å²) in [5.41, 5.74) is 0. The van der Waals surface area contributed by atoms with Crippen molar-refractivity contribution < 1.29 is 4.79 Å². The van der Waals surface area contributed by atoms with Gasteiger partial charge in [0.1, 0.15) is 0 Å². The second kappa shape index (κ2) is 2.86. The molecule has 0 unspecified atom stereocenters. The van der Waals surface area contributed by atoms with Crippen molar-refractivity contribution in [3.63, 3.8) is 0 Å². The first-order valence-electron chi connectivity index (χ1n) is 2.07. The van der Waals surface area contributed by atoms with Gasteiger partial charge in [-0.15, -0.1) is 0 Å². The molecule has 0 bridgehead atoms. The lowest BCUT2D eigenvalue weighted by molar-refractivity contribution is 0.226. The molecule has 2 amide bonds. The van der Waals surface area contributed by atoms with E-state index < -0.39 is 6.03 Å². The molecule has 0 atom stereocenters. The van der Waals surface area contributed by atoms with Crippen molar-refractivity contribution in [1.82, 2.24) is 10.2 Å². The molecule has 0 aromatic rings. The predicted molar refractivity (Wildman–Crippen MR) is 27.8 cm³/mol. The van der Waals surface area contributed by atoms with Crippen molar-refractivity contribution in [3.8, 4) is 6.19 Å². The van der Waals surface area contributed by atoms with Crippen LogP contribution < -0.4 is 5.32 Å². The van der Waals surface area contributed by atoms with E-state index in [0.717, 1.165) is 4.90 Å².